The summed E-state index contributed by atoms with van der Waals surface area (Å²) < 4.78 is 6.27. The smallest absolute Gasteiger partial charge is 0.295 e. The fraction of sp³-hybridized carbons (Fsp3) is 0.304. The van der Waals surface area contributed by atoms with E-state index >= 15 is 0 Å². The minimum absolute atomic E-state index is 0.0941. The Bertz CT molecular complexity index is 1000. The number of halogens is 2. The number of hydrogen-bond donors (Lipinski definition) is 1. The molecule has 4 rings (SSSR count). The van der Waals surface area contributed by atoms with E-state index in [4.69, 9.17) is 16.3 Å². The molecule has 0 bridgehead atoms. The fourth-order valence-electron chi connectivity index (χ4n) is 3.94. The Hall–Kier alpha value is -2.19. The highest BCUT2D eigenvalue weighted by atomic mass is 79.9. The van der Waals surface area contributed by atoms with Gasteiger partial charge in [-0.3, -0.25) is 14.5 Å². The molecule has 162 valence electrons. The van der Waals surface area contributed by atoms with Gasteiger partial charge in [-0.15, -0.1) is 0 Å². The van der Waals surface area contributed by atoms with Crippen molar-refractivity contribution in [1.29, 1.82) is 0 Å². The minimum atomic E-state index is -0.678. The van der Waals surface area contributed by atoms with Gasteiger partial charge in [0.05, 0.1) is 24.8 Å². The van der Waals surface area contributed by atoms with Crippen molar-refractivity contribution < 1.29 is 19.4 Å². The second kappa shape index (κ2) is 9.53. The molecule has 2 aliphatic heterocycles. The molecule has 2 aliphatic rings. The zero-order chi connectivity index (χ0) is 22.0. The van der Waals surface area contributed by atoms with E-state index in [1.807, 2.05) is 24.3 Å². The van der Waals surface area contributed by atoms with Crippen molar-refractivity contribution in [2.45, 2.75) is 6.04 Å². The van der Waals surface area contributed by atoms with Gasteiger partial charge in [0.25, 0.3) is 11.7 Å². The number of nitrogens with zero attached hydrogens (tertiary/aromatic N) is 2. The summed E-state index contributed by atoms with van der Waals surface area (Å²) in [6.45, 7) is 3.90. The van der Waals surface area contributed by atoms with Crippen LogP contribution in [0.3, 0.4) is 0 Å². The lowest BCUT2D eigenvalue weighted by Gasteiger charge is -2.31. The number of aliphatic hydroxyl groups excluding tert-OH is 1. The molecular formula is C23H22BrClN2O4. The monoisotopic (exact) mass is 504 g/mol. The first kappa shape index (κ1) is 22.0. The van der Waals surface area contributed by atoms with Gasteiger partial charge in [-0.1, -0.05) is 39.7 Å². The number of ketones is 1. The van der Waals surface area contributed by atoms with Crippen LogP contribution in [0.4, 0.5) is 0 Å². The third-order valence-electron chi connectivity index (χ3n) is 5.60. The average molecular weight is 506 g/mol. The number of likely N-dealkylation sites (tertiary alicyclic amines) is 1. The number of carbonyl (C=O) groups is 2. The van der Waals surface area contributed by atoms with Crippen molar-refractivity contribution in [2.75, 3.05) is 39.4 Å². The zero-order valence-electron chi connectivity index (χ0n) is 16.8. The van der Waals surface area contributed by atoms with E-state index in [1.165, 1.54) is 0 Å². The molecule has 0 radical (unpaired) electrons. The van der Waals surface area contributed by atoms with Gasteiger partial charge < -0.3 is 14.7 Å². The second-order valence-corrected chi connectivity index (χ2v) is 8.86. The van der Waals surface area contributed by atoms with E-state index in [0.29, 0.717) is 36.9 Å². The van der Waals surface area contributed by atoms with Gasteiger partial charge in [-0.2, -0.15) is 0 Å². The number of amides is 1. The van der Waals surface area contributed by atoms with Gasteiger partial charge in [0.15, 0.2) is 0 Å². The standard InChI is InChI=1S/C23H22BrClN2O4/c24-17-5-1-15(2-6-17)20-19(21(28)16-3-7-18(25)8-4-16)22(29)23(30)27(20)10-9-26-11-13-31-14-12-26/h1-8,20,28H,9-14H2/b21-19-. The van der Waals surface area contributed by atoms with Crippen molar-refractivity contribution in [3.63, 3.8) is 0 Å². The van der Waals surface area contributed by atoms with Crippen molar-refractivity contribution in [1.82, 2.24) is 9.80 Å². The molecule has 2 saturated heterocycles. The van der Waals surface area contributed by atoms with Gasteiger partial charge in [0.1, 0.15) is 5.76 Å². The molecule has 1 amide bonds. The molecule has 2 heterocycles. The lowest BCUT2D eigenvalue weighted by molar-refractivity contribution is -0.140. The number of hydrogen-bond acceptors (Lipinski definition) is 5. The first-order valence-electron chi connectivity index (χ1n) is 10.1. The van der Waals surface area contributed by atoms with E-state index in [2.05, 4.69) is 20.8 Å². The lowest BCUT2D eigenvalue weighted by atomic mass is 9.95. The Morgan fingerprint density at radius 3 is 2.32 bits per heavy atom. The summed E-state index contributed by atoms with van der Waals surface area (Å²) in [5.41, 5.74) is 1.30. The van der Waals surface area contributed by atoms with Gasteiger partial charge in [0.2, 0.25) is 0 Å². The molecule has 1 unspecified atom stereocenters. The average Bonchev–Trinajstić information content (AvgIpc) is 3.04. The summed E-state index contributed by atoms with van der Waals surface area (Å²) in [7, 11) is 0. The van der Waals surface area contributed by atoms with Crippen molar-refractivity contribution in [3.05, 3.63) is 74.7 Å². The van der Waals surface area contributed by atoms with Gasteiger partial charge in [-0.05, 0) is 42.0 Å². The van der Waals surface area contributed by atoms with Crippen LogP contribution < -0.4 is 0 Å². The highest BCUT2D eigenvalue weighted by Gasteiger charge is 2.46. The molecule has 6 nitrogen and oxygen atoms in total. The molecule has 0 spiro atoms. The fourth-order valence-corrected chi connectivity index (χ4v) is 4.33. The van der Waals surface area contributed by atoms with E-state index < -0.39 is 17.7 Å². The van der Waals surface area contributed by atoms with Crippen molar-refractivity contribution in [3.8, 4) is 0 Å². The summed E-state index contributed by atoms with van der Waals surface area (Å²) in [5, 5.41) is 11.5. The number of aliphatic hydroxyl groups is 1. The number of Topliss-reactive ketones (excluding diaryl/α,β-unsaturated/α-hetero) is 1. The molecule has 2 aromatic rings. The molecule has 1 atom stereocenters. The third-order valence-corrected chi connectivity index (χ3v) is 6.38. The summed E-state index contributed by atoms with van der Waals surface area (Å²) in [5.74, 6) is -1.48. The van der Waals surface area contributed by atoms with E-state index in [9.17, 15) is 14.7 Å². The third kappa shape index (κ3) is 4.70. The minimum Gasteiger partial charge on any atom is -0.507 e. The van der Waals surface area contributed by atoms with Gasteiger partial charge in [0, 0.05) is 41.2 Å². The van der Waals surface area contributed by atoms with Crippen molar-refractivity contribution in [2.24, 2.45) is 0 Å². The van der Waals surface area contributed by atoms with Crippen LogP contribution in [0.25, 0.3) is 5.76 Å². The normalized spacial score (nSPS) is 21.6. The van der Waals surface area contributed by atoms with E-state index in [0.717, 1.165) is 23.1 Å². The molecule has 1 N–H and O–H groups in total. The summed E-state index contributed by atoms with van der Waals surface area (Å²) in [4.78, 5) is 29.8. The summed E-state index contributed by atoms with van der Waals surface area (Å²) in [6.07, 6.45) is 0. The van der Waals surface area contributed by atoms with Crippen LogP contribution in [0.5, 0.6) is 0 Å². The molecule has 8 heteroatoms. The SMILES string of the molecule is O=C1C(=O)N(CCN2CCOCC2)C(c2ccc(Br)cc2)/C1=C(/O)c1ccc(Cl)cc1. The van der Waals surface area contributed by atoms with Crippen LogP contribution in [0.15, 0.2) is 58.6 Å². The summed E-state index contributed by atoms with van der Waals surface area (Å²) in [6, 6.07) is 13.3. The topological polar surface area (TPSA) is 70.1 Å². The Morgan fingerprint density at radius 2 is 1.68 bits per heavy atom. The van der Waals surface area contributed by atoms with E-state index in [-0.39, 0.29) is 11.3 Å². The molecule has 0 aromatic heterocycles. The number of rotatable bonds is 5. The number of carbonyl (C=O) groups excluding carboxylic acids is 2. The van der Waals surface area contributed by atoms with E-state index in [1.54, 1.807) is 29.2 Å². The maximum Gasteiger partial charge on any atom is 0.295 e. The van der Waals surface area contributed by atoms with Crippen LogP contribution in [-0.4, -0.2) is 66.0 Å². The van der Waals surface area contributed by atoms with Crippen LogP contribution in [-0.2, 0) is 14.3 Å². The molecule has 2 aromatic carbocycles. The Labute approximate surface area is 194 Å². The Balaban J connectivity index is 1.72. The van der Waals surface area contributed by atoms with Crippen LogP contribution in [0.2, 0.25) is 5.02 Å². The number of benzene rings is 2. The quantitative estimate of drug-likeness (QED) is 0.380. The van der Waals surface area contributed by atoms with Crippen LogP contribution in [0.1, 0.15) is 17.2 Å². The predicted molar refractivity (Wildman–Crippen MR) is 122 cm³/mol. The largest absolute Gasteiger partial charge is 0.507 e. The molecule has 31 heavy (non-hydrogen) atoms. The number of morpholine rings is 1. The van der Waals surface area contributed by atoms with Crippen LogP contribution in [0, 0.1) is 0 Å². The van der Waals surface area contributed by atoms with Crippen LogP contribution >= 0.6 is 27.5 Å². The first-order chi connectivity index (χ1) is 15.0. The predicted octanol–water partition coefficient (Wildman–Crippen LogP) is 3.86. The molecule has 0 aliphatic carbocycles. The maximum absolute atomic E-state index is 13.0. The highest BCUT2D eigenvalue weighted by molar-refractivity contribution is 9.10. The second-order valence-electron chi connectivity index (χ2n) is 7.50. The highest BCUT2D eigenvalue weighted by Crippen LogP contribution is 2.39. The molecule has 0 saturated carbocycles. The molecular weight excluding hydrogens is 484 g/mol. The maximum atomic E-state index is 13.0. The first-order valence-corrected chi connectivity index (χ1v) is 11.2. The van der Waals surface area contributed by atoms with Crippen molar-refractivity contribution >= 4 is 45.0 Å². The molecule has 2 fully saturated rings. The lowest BCUT2D eigenvalue weighted by Crippen LogP contribution is -2.42. The van der Waals surface area contributed by atoms with Gasteiger partial charge >= 0.3 is 0 Å². The Morgan fingerprint density at radius 1 is 1.03 bits per heavy atom. The van der Waals surface area contributed by atoms with Gasteiger partial charge in [-0.25, -0.2) is 0 Å². The summed E-state index contributed by atoms with van der Waals surface area (Å²) >= 11 is 9.38. The zero-order valence-corrected chi connectivity index (χ0v) is 19.1. The Kier molecular flexibility index (Phi) is 6.77. The number of ether oxygens (including phenoxy) is 1.